The molecule has 1 aliphatic heterocycles. The Morgan fingerprint density at radius 3 is 2.94 bits per heavy atom. The number of hydrogen-bond acceptors (Lipinski definition) is 9. The molecule has 3 heterocycles. The van der Waals surface area contributed by atoms with Gasteiger partial charge in [-0.2, -0.15) is 13.5 Å². The van der Waals surface area contributed by atoms with Crippen LogP contribution in [0.5, 0.6) is 5.75 Å². The number of hydrogen-bond donors (Lipinski definition) is 1. The molecule has 1 aromatic carbocycles. The Hall–Kier alpha value is -2.05. The molecule has 1 aliphatic rings. The van der Waals surface area contributed by atoms with E-state index < -0.39 is 16.2 Å². The third-order valence-corrected chi connectivity index (χ3v) is 7.18. The van der Waals surface area contributed by atoms with Crippen LogP contribution in [0.25, 0.3) is 21.6 Å². The summed E-state index contributed by atoms with van der Waals surface area (Å²) in [4.78, 5) is 4.78. The van der Waals surface area contributed by atoms with E-state index in [1.165, 1.54) is 11.3 Å². The first-order valence-corrected chi connectivity index (χ1v) is 14.2. The lowest BCUT2D eigenvalue weighted by atomic mass is 10.1. The molecule has 0 spiro atoms. The van der Waals surface area contributed by atoms with Gasteiger partial charge in [0.05, 0.1) is 23.6 Å². The number of benzene rings is 1. The smallest absolute Gasteiger partial charge is 0.264 e. The van der Waals surface area contributed by atoms with Crippen LogP contribution in [0.2, 0.25) is 0 Å². The fourth-order valence-corrected chi connectivity index (χ4v) is 5.55. The number of fused-ring (bicyclic) bond motifs is 1. The summed E-state index contributed by atoms with van der Waals surface area (Å²) in [5, 5.41) is 18.6. The van der Waals surface area contributed by atoms with E-state index in [9.17, 15) is 13.5 Å². The molecule has 11 heteroatoms. The highest BCUT2D eigenvalue weighted by molar-refractivity contribution is 7.86. The largest absolute Gasteiger partial charge is 0.508 e. The van der Waals surface area contributed by atoms with Gasteiger partial charge in [0.2, 0.25) is 0 Å². The van der Waals surface area contributed by atoms with Crippen LogP contribution < -0.4 is 0 Å². The lowest BCUT2D eigenvalue weighted by Crippen LogP contribution is -2.19. The number of ether oxygens (including phenoxy) is 2. The number of aromatic hydroxyl groups is 1. The average Bonchev–Trinajstić information content (AvgIpc) is 3.40. The van der Waals surface area contributed by atoms with Gasteiger partial charge in [-0.15, -0.1) is 11.3 Å². The highest BCUT2D eigenvalue weighted by Crippen LogP contribution is 2.35. The Kier molecular flexibility index (Phi) is 8.20. The van der Waals surface area contributed by atoms with E-state index >= 15 is 0 Å². The molecule has 0 saturated carbocycles. The van der Waals surface area contributed by atoms with E-state index in [4.69, 9.17) is 23.7 Å². The van der Waals surface area contributed by atoms with Crippen LogP contribution in [0.3, 0.4) is 0 Å². The number of rotatable bonds is 11. The highest BCUT2D eigenvalue weighted by atomic mass is 32.2. The van der Waals surface area contributed by atoms with Gasteiger partial charge in [-0.1, -0.05) is 0 Å². The van der Waals surface area contributed by atoms with Crippen molar-refractivity contribution < 1.29 is 27.2 Å². The van der Waals surface area contributed by atoms with Crippen LogP contribution in [-0.2, 0) is 30.2 Å². The van der Waals surface area contributed by atoms with Gasteiger partial charge in [0.25, 0.3) is 10.1 Å². The first-order valence-electron chi connectivity index (χ1n) is 11.5. The Bertz CT molecular complexity index is 1200. The average molecular weight is 510 g/mol. The molecule has 0 aliphatic carbocycles. The van der Waals surface area contributed by atoms with Crippen LogP contribution in [0.15, 0.2) is 23.6 Å². The monoisotopic (exact) mass is 509 g/mol. The van der Waals surface area contributed by atoms with Gasteiger partial charge in [0, 0.05) is 30.6 Å². The molecular formula is C23H31N3O6S2. The SMILES string of the molecule is C[C@H](CCOCCCc1csc(-c2nn(C3CCCCO3)c3ccc(O)cc23)n1)OS(C)(=O)=O. The quantitative estimate of drug-likeness (QED) is 0.301. The first kappa shape index (κ1) is 25.1. The number of phenolic OH excluding ortho intramolecular Hbond substituents is 1. The van der Waals surface area contributed by atoms with Crippen molar-refractivity contribution >= 4 is 32.4 Å². The predicted octanol–water partition coefficient (Wildman–Crippen LogP) is 4.27. The summed E-state index contributed by atoms with van der Waals surface area (Å²) in [5.74, 6) is 0.197. The maximum absolute atomic E-state index is 11.1. The molecule has 0 amide bonds. The third kappa shape index (κ3) is 6.54. The van der Waals surface area contributed by atoms with Crippen molar-refractivity contribution in [2.45, 2.75) is 57.8 Å². The third-order valence-electron chi connectivity index (χ3n) is 5.60. The summed E-state index contributed by atoms with van der Waals surface area (Å²) in [7, 11) is -3.44. The summed E-state index contributed by atoms with van der Waals surface area (Å²) in [5.41, 5.74) is 2.65. The standard InChI is InChI=1S/C23H31N3O6S2/c1-16(32-34(2,28)29)10-13-30-11-5-6-17-15-33-23(24-17)22-19-14-18(27)8-9-20(19)26(25-22)21-7-3-4-12-31-21/h8-9,14-16,21,27H,3-7,10-13H2,1-2H3/t16-,21?/m1/s1. The minimum absolute atomic E-state index is 0.100. The van der Waals surface area contributed by atoms with Crippen molar-refractivity contribution in [3.8, 4) is 16.5 Å². The van der Waals surface area contributed by atoms with Crippen LogP contribution >= 0.6 is 11.3 Å². The van der Waals surface area contributed by atoms with Crippen LogP contribution in [0.1, 0.15) is 50.9 Å². The second-order valence-electron chi connectivity index (χ2n) is 8.58. The summed E-state index contributed by atoms with van der Waals surface area (Å²) < 4.78 is 40.6. The zero-order valence-electron chi connectivity index (χ0n) is 19.5. The van der Waals surface area contributed by atoms with Gasteiger partial charge < -0.3 is 14.6 Å². The van der Waals surface area contributed by atoms with Crippen molar-refractivity contribution in [1.82, 2.24) is 14.8 Å². The minimum atomic E-state index is -3.44. The zero-order chi connectivity index (χ0) is 24.1. The molecular weight excluding hydrogens is 478 g/mol. The number of aromatic nitrogens is 3. The van der Waals surface area contributed by atoms with Crippen LogP contribution in [-0.4, -0.2) is 60.5 Å². The predicted molar refractivity (Wildman–Crippen MR) is 130 cm³/mol. The summed E-state index contributed by atoms with van der Waals surface area (Å²) >= 11 is 1.54. The fourth-order valence-electron chi connectivity index (χ4n) is 4.01. The number of nitrogens with zero attached hydrogens (tertiary/aromatic N) is 3. The molecule has 2 aromatic heterocycles. The molecule has 1 fully saturated rings. The molecule has 1 N–H and O–H groups in total. The van der Waals surface area contributed by atoms with E-state index in [1.807, 2.05) is 16.1 Å². The van der Waals surface area contributed by atoms with Crippen molar-refractivity contribution in [1.29, 1.82) is 0 Å². The van der Waals surface area contributed by atoms with Crippen LogP contribution in [0, 0.1) is 0 Å². The Morgan fingerprint density at radius 1 is 1.32 bits per heavy atom. The van der Waals surface area contributed by atoms with E-state index in [0.29, 0.717) is 19.6 Å². The van der Waals surface area contributed by atoms with Gasteiger partial charge >= 0.3 is 0 Å². The molecule has 0 bridgehead atoms. The Labute approximate surface area is 203 Å². The van der Waals surface area contributed by atoms with E-state index in [0.717, 1.165) is 72.3 Å². The topological polar surface area (TPSA) is 113 Å². The molecule has 1 saturated heterocycles. The van der Waals surface area contributed by atoms with Crippen molar-refractivity contribution in [3.05, 3.63) is 29.3 Å². The maximum atomic E-state index is 11.1. The van der Waals surface area contributed by atoms with Gasteiger partial charge in [-0.3, -0.25) is 4.18 Å². The molecule has 1 unspecified atom stereocenters. The fraction of sp³-hybridized carbons (Fsp3) is 0.565. The van der Waals surface area contributed by atoms with Gasteiger partial charge in [0.15, 0.2) is 6.23 Å². The van der Waals surface area contributed by atoms with Gasteiger partial charge in [-0.05, 0) is 63.6 Å². The van der Waals surface area contributed by atoms with Gasteiger partial charge in [-0.25, -0.2) is 9.67 Å². The van der Waals surface area contributed by atoms with Crippen molar-refractivity contribution in [3.63, 3.8) is 0 Å². The van der Waals surface area contributed by atoms with Crippen molar-refractivity contribution in [2.24, 2.45) is 0 Å². The van der Waals surface area contributed by atoms with E-state index in [-0.39, 0.29) is 12.0 Å². The molecule has 2 atom stereocenters. The Balaban J connectivity index is 1.35. The molecule has 186 valence electrons. The molecule has 3 aromatic rings. The first-order chi connectivity index (χ1) is 16.3. The van der Waals surface area contributed by atoms with E-state index in [1.54, 1.807) is 19.1 Å². The van der Waals surface area contributed by atoms with E-state index in [2.05, 4.69) is 0 Å². The highest BCUT2D eigenvalue weighted by Gasteiger charge is 2.23. The lowest BCUT2D eigenvalue weighted by Gasteiger charge is -2.23. The second-order valence-corrected chi connectivity index (χ2v) is 11.0. The second kappa shape index (κ2) is 11.1. The molecule has 9 nitrogen and oxygen atoms in total. The lowest BCUT2D eigenvalue weighted by molar-refractivity contribution is -0.0365. The zero-order valence-corrected chi connectivity index (χ0v) is 21.1. The minimum Gasteiger partial charge on any atom is -0.508 e. The molecule has 34 heavy (non-hydrogen) atoms. The normalized spacial score (nSPS) is 17.9. The Morgan fingerprint density at radius 2 is 2.18 bits per heavy atom. The van der Waals surface area contributed by atoms with Crippen LogP contribution in [0.4, 0.5) is 0 Å². The summed E-state index contributed by atoms with van der Waals surface area (Å²) in [6.07, 6.45) is 5.72. The number of aryl methyl sites for hydroxylation is 1. The van der Waals surface area contributed by atoms with Crippen molar-refractivity contribution in [2.75, 3.05) is 26.1 Å². The summed E-state index contributed by atoms with van der Waals surface area (Å²) in [6.45, 7) is 3.44. The summed E-state index contributed by atoms with van der Waals surface area (Å²) in [6, 6.07) is 5.29. The van der Waals surface area contributed by atoms with Gasteiger partial charge in [0.1, 0.15) is 16.5 Å². The molecule has 0 radical (unpaired) electrons. The molecule has 4 rings (SSSR count). The number of thiazole rings is 1. The number of phenols is 1. The maximum Gasteiger partial charge on any atom is 0.264 e.